The molecule has 250 valence electrons. The third kappa shape index (κ3) is 13.4. The minimum Gasteiger partial charge on any atom is -0.493 e. The van der Waals surface area contributed by atoms with Crippen molar-refractivity contribution in [2.45, 2.75) is 79.2 Å². The van der Waals surface area contributed by atoms with Gasteiger partial charge < -0.3 is 29.7 Å². The van der Waals surface area contributed by atoms with Gasteiger partial charge >= 0.3 is 0 Å². The predicted octanol–water partition coefficient (Wildman–Crippen LogP) is 3.89. The van der Waals surface area contributed by atoms with Crippen molar-refractivity contribution in [3.63, 3.8) is 0 Å². The number of methoxy groups -OCH3 is 3. The summed E-state index contributed by atoms with van der Waals surface area (Å²) in [5, 5.41) is 15.8. The molecule has 1 aliphatic heterocycles. The first-order valence-electron chi connectivity index (χ1n) is 15.5. The van der Waals surface area contributed by atoms with E-state index in [9.17, 15) is 24.4 Å². The van der Waals surface area contributed by atoms with E-state index in [1.807, 2.05) is 6.92 Å². The van der Waals surface area contributed by atoms with Crippen LogP contribution in [0, 0.1) is 17.8 Å². The normalized spacial score (nSPS) is 14.5. The van der Waals surface area contributed by atoms with E-state index in [1.54, 1.807) is 17.0 Å². The molecule has 1 aliphatic rings. The summed E-state index contributed by atoms with van der Waals surface area (Å²) in [6.45, 7) is 11.2. The van der Waals surface area contributed by atoms with Gasteiger partial charge in [-0.15, -0.1) is 0 Å². The Morgan fingerprint density at radius 1 is 1.05 bits per heavy atom. The van der Waals surface area contributed by atoms with Crippen LogP contribution in [0.2, 0.25) is 0 Å². The molecular formula is C32H54N4O8. The minimum absolute atomic E-state index is 0.127. The Labute approximate surface area is 262 Å². The molecular weight excluding hydrogens is 568 g/mol. The quantitative estimate of drug-likeness (QED) is 0.143. The predicted molar refractivity (Wildman–Crippen MR) is 168 cm³/mol. The fraction of sp³-hybridized carbons (Fsp3) is 0.688. The number of likely N-dealkylation sites (tertiary alicyclic amines) is 1. The summed E-state index contributed by atoms with van der Waals surface area (Å²) in [5.41, 5.74) is 0.366. The third-order valence-electron chi connectivity index (χ3n) is 7.16. The monoisotopic (exact) mass is 622 g/mol. The first-order chi connectivity index (χ1) is 20.9. The number of rotatable bonds is 16. The molecule has 0 saturated carbocycles. The van der Waals surface area contributed by atoms with Crippen LogP contribution in [0.25, 0.3) is 0 Å². The summed E-state index contributed by atoms with van der Waals surface area (Å²) in [6.07, 6.45) is 4.91. The molecule has 1 saturated heterocycles. The van der Waals surface area contributed by atoms with Crippen LogP contribution >= 0.6 is 0 Å². The van der Waals surface area contributed by atoms with Gasteiger partial charge in [0.2, 0.25) is 24.0 Å². The fourth-order valence-electron chi connectivity index (χ4n) is 4.86. The van der Waals surface area contributed by atoms with Gasteiger partial charge in [-0.1, -0.05) is 53.9 Å². The summed E-state index contributed by atoms with van der Waals surface area (Å²) in [4.78, 5) is 51.1. The van der Waals surface area contributed by atoms with Crippen molar-refractivity contribution < 1.29 is 38.6 Å². The molecule has 0 spiro atoms. The fourth-order valence-corrected chi connectivity index (χ4v) is 4.86. The number of nitrogens with zero attached hydrogens (tertiary/aromatic N) is 2. The molecule has 2 atom stereocenters. The second-order valence-corrected chi connectivity index (χ2v) is 11.9. The zero-order chi connectivity index (χ0) is 33.2. The highest BCUT2D eigenvalue weighted by Crippen LogP contribution is 2.38. The Morgan fingerprint density at radius 3 is 2.09 bits per heavy atom. The topological polar surface area (TPSA) is 147 Å². The van der Waals surface area contributed by atoms with Crippen LogP contribution in [0.3, 0.4) is 0 Å². The number of carbonyl (C=O) groups excluding carboxylic acids is 4. The maximum atomic E-state index is 12.9. The molecule has 0 aromatic heterocycles. The molecule has 0 radical (unpaired) electrons. The second kappa shape index (κ2) is 20.4. The number of benzene rings is 1. The zero-order valence-electron chi connectivity index (χ0n) is 27.8. The highest BCUT2D eigenvalue weighted by atomic mass is 16.5. The van der Waals surface area contributed by atoms with Gasteiger partial charge in [0.1, 0.15) is 0 Å². The molecule has 1 unspecified atom stereocenters. The Morgan fingerprint density at radius 2 is 1.61 bits per heavy atom. The zero-order valence-corrected chi connectivity index (χ0v) is 27.8. The largest absolute Gasteiger partial charge is 0.493 e. The molecule has 1 fully saturated rings. The molecule has 0 aliphatic carbocycles. The van der Waals surface area contributed by atoms with Crippen LogP contribution in [-0.4, -0.2) is 92.9 Å². The number of piperidine rings is 1. The molecule has 0 bridgehead atoms. The van der Waals surface area contributed by atoms with Crippen LogP contribution in [0.4, 0.5) is 0 Å². The maximum absolute atomic E-state index is 12.9. The SMILES string of the molecule is CC(C)C.CCCCC(C)C[C@H](CN(O)C=O)C(=O)NCC(=O)N1CCC(NC(=O)c2cc(OC)c(OC)c(OC)c2)CC1. The standard InChI is InChI=1S/C28H44N4O8.C4H10/c1-6-7-8-19(2)13-21(17-32(37)18-33)27(35)29-16-25(34)31-11-9-22(10-12-31)30-28(36)20-14-23(38-3)26(40-5)24(15-20)39-4;1-4(2)3/h14-15,18-19,21-22,37H,6-13,16-17H2,1-5H3,(H,29,35)(H,30,36);4H,1-3H3/t19?,21-;/m1./s1. The van der Waals surface area contributed by atoms with E-state index >= 15 is 0 Å². The van der Waals surface area contributed by atoms with Crippen LogP contribution in [0.5, 0.6) is 17.2 Å². The van der Waals surface area contributed by atoms with Crippen molar-refractivity contribution >= 4 is 24.1 Å². The minimum atomic E-state index is -0.619. The lowest BCUT2D eigenvalue weighted by atomic mass is 9.91. The molecule has 4 amide bonds. The number of ether oxygens (including phenoxy) is 3. The van der Waals surface area contributed by atoms with Gasteiger partial charge in [-0.25, -0.2) is 5.06 Å². The van der Waals surface area contributed by atoms with Crippen molar-refractivity contribution in [1.82, 2.24) is 20.6 Å². The highest BCUT2D eigenvalue weighted by molar-refractivity contribution is 5.96. The van der Waals surface area contributed by atoms with E-state index in [2.05, 4.69) is 38.3 Å². The number of hydrogen-bond acceptors (Lipinski definition) is 8. The highest BCUT2D eigenvalue weighted by Gasteiger charge is 2.27. The Hall–Kier alpha value is -3.54. The van der Waals surface area contributed by atoms with E-state index in [0.29, 0.717) is 60.2 Å². The smallest absolute Gasteiger partial charge is 0.251 e. The first-order valence-corrected chi connectivity index (χ1v) is 15.5. The lowest BCUT2D eigenvalue weighted by Gasteiger charge is -2.32. The average molecular weight is 623 g/mol. The van der Waals surface area contributed by atoms with Crippen LogP contribution in [-0.2, 0) is 14.4 Å². The number of hydroxylamine groups is 2. The number of hydrogen-bond donors (Lipinski definition) is 3. The lowest BCUT2D eigenvalue weighted by molar-refractivity contribution is -0.155. The number of nitrogens with one attached hydrogen (secondary N) is 2. The molecule has 12 heteroatoms. The maximum Gasteiger partial charge on any atom is 0.251 e. The molecule has 1 heterocycles. The number of amides is 4. The van der Waals surface area contributed by atoms with Gasteiger partial charge in [-0.05, 0) is 43.2 Å². The van der Waals surface area contributed by atoms with Crippen LogP contribution in [0.15, 0.2) is 12.1 Å². The lowest BCUT2D eigenvalue weighted by Crippen LogP contribution is -2.49. The van der Waals surface area contributed by atoms with Gasteiger partial charge in [-0.3, -0.25) is 24.4 Å². The molecule has 1 aromatic rings. The summed E-state index contributed by atoms with van der Waals surface area (Å²) in [6, 6.07) is 3.04. The Kier molecular flexibility index (Phi) is 17.9. The van der Waals surface area contributed by atoms with Crippen molar-refractivity contribution in [3.05, 3.63) is 17.7 Å². The second-order valence-electron chi connectivity index (χ2n) is 11.9. The van der Waals surface area contributed by atoms with Gasteiger partial charge in [0.05, 0.1) is 40.3 Å². The summed E-state index contributed by atoms with van der Waals surface area (Å²) in [5.74, 6) is 0.725. The number of carbonyl (C=O) groups is 4. The van der Waals surface area contributed by atoms with Gasteiger partial charge in [0, 0.05) is 24.7 Å². The Bertz CT molecular complexity index is 1020. The van der Waals surface area contributed by atoms with Crippen LogP contribution < -0.4 is 24.8 Å². The molecule has 2 rings (SSSR count). The van der Waals surface area contributed by atoms with E-state index < -0.39 is 5.92 Å². The first kappa shape index (κ1) is 38.5. The van der Waals surface area contributed by atoms with Crippen molar-refractivity contribution in [3.8, 4) is 17.2 Å². The van der Waals surface area contributed by atoms with Gasteiger partial charge in [0.15, 0.2) is 11.5 Å². The van der Waals surface area contributed by atoms with E-state index in [1.165, 1.54) is 21.3 Å². The van der Waals surface area contributed by atoms with E-state index in [-0.39, 0.29) is 49.2 Å². The molecule has 3 N–H and O–H groups in total. The van der Waals surface area contributed by atoms with E-state index in [4.69, 9.17) is 14.2 Å². The van der Waals surface area contributed by atoms with Gasteiger partial charge in [-0.2, -0.15) is 0 Å². The van der Waals surface area contributed by atoms with Gasteiger partial charge in [0.25, 0.3) is 5.91 Å². The Balaban J connectivity index is 0.00000227. The number of unbranched alkanes of at least 4 members (excludes halogenated alkanes) is 1. The molecule has 12 nitrogen and oxygen atoms in total. The summed E-state index contributed by atoms with van der Waals surface area (Å²) >= 11 is 0. The summed E-state index contributed by atoms with van der Waals surface area (Å²) in [7, 11) is 4.45. The third-order valence-corrected chi connectivity index (χ3v) is 7.16. The summed E-state index contributed by atoms with van der Waals surface area (Å²) < 4.78 is 16.0. The average Bonchev–Trinajstić information content (AvgIpc) is 3.01. The molecule has 44 heavy (non-hydrogen) atoms. The molecule has 1 aromatic carbocycles. The van der Waals surface area contributed by atoms with Crippen molar-refractivity contribution in [1.29, 1.82) is 0 Å². The van der Waals surface area contributed by atoms with Crippen molar-refractivity contribution in [2.75, 3.05) is 47.5 Å². The van der Waals surface area contributed by atoms with Crippen molar-refractivity contribution in [2.24, 2.45) is 17.8 Å². The van der Waals surface area contributed by atoms with Crippen LogP contribution in [0.1, 0.15) is 83.5 Å². The van der Waals surface area contributed by atoms with E-state index in [0.717, 1.165) is 25.2 Å².